The minimum absolute atomic E-state index is 0.00399. The summed E-state index contributed by atoms with van der Waals surface area (Å²) in [5.74, 6) is -0.942. The van der Waals surface area contributed by atoms with Crippen LogP contribution in [0.15, 0.2) is 23.1 Å². The first-order chi connectivity index (χ1) is 9.86. The van der Waals surface area contributed by atoms with E-state index >= 15 is 0 Å². The van der Waals surface area contributed by atoms with Gasteiger partial charge in [0.25, 0.3) is 0 Å². The second-order valence-corrected chi connectivity index (χ2v) is 8.02. The number of carboxylic acids is 1. The van der Waals surface area contributed by atoms with Gasteiger partial charge in [-0.15, -0.1) is 0 Å². The van der Waals surface area contributed by atoms with Crippen LogP contribution in [-0.4, -0.2) is 50.6 Å². The lowest BCUT2D eigenvalue weighted by molar-refractivity contribution is 0.0695. The molecule has 1 aliphatic heterocycles. The van der Waals surface area contributed by atoms with Gasteiger partial charge in [0.15, 0.2) is 0 Å². The molecular weight excluding hydrogens is 409 g/mol. The third-order valence-corrected chi connectivity index (χ3v) is 6.26. The van der Waals surface area contributed by atoms with Gasteiger partial charge < -0.3 is 9.84 Å². The first-order valence-electron chi connectivity index (χ1n) is 6.38. The highest BCUT2D eigenvalue weighted by Crippen LogP contribution is 2.26. The lowest BCUT2D eigenvalue weighted by atomic mass is 10.1. The van der Waals surface area contributed by atoms with Gasteiger partial charge in [-0.3, -0.25) is 0 Å². The topological polar surface area (TPSA) is 83.9 Å². The lowest BCUT2D eigenvalue weighted by Crippen LogP contribution is -2.29. The highest BCUT2D eigenvalue weighted by molar-refractivity contribution is 14.1. The van der Waals surface area contributed by atoms with Crippen LogP contribution in [0.5, 0.6) is 0 Å². The van der Waals surface area contributed by atoms with Crippen LogP contribution in [0.4, 0.5) is 0 Å². The number of ether oxygens (including phenoxy) is 1. The van der Waals surface area contributed by atoms with Gasteiger partial charge in [0.05, 0.1) is 17.1 Å². The van der Waals surface area contributed by atoms with Crippen molar-refractivity contribution in [3.8, 4) is 0 Å². The third kappa shape index (κ3) is 3.55. The van der Waals surface area contributed by atoms with E-state index in [1.54, 1.807) is 7.11 Å². The molecule has 1 unspecified atom stereocenters. The number of carboxylic acid groups (broad SMARTS) is 1. The number of benzene rings is 1. The highest BCUT2D eigenvalue weighted by Gasteiger charge is 2.33. The van der Waals surface area contributed by atoms with Gasteiger partial charge in [-0.05, 0) is 53.1 Å². The number of aromatic carboxylic acids is 1. The fourth-order valence-corrected chi connectivity index (χ4v) is 4.49. The van der Waals surface area contributed by atoms with E-state index in [4.69, 9.17) is 9.84 Å². The number of carbonyl (C=O) groups is 1. The Morgan fingerprint density at radius 2 is 2.24 bits per heavy atom. The summed E-state index contributed by atoms with van der Waals surface area (Å²) in [7, 11) is -2.06. The highest BCUT2D eigenvalue weighted by atomic mass is 127. The Hall–Kier alpha value is -0.710. The standard InChI is InChI=1S/C13H16INO5S/c1-20-8-9-4-5-15(7-9)21(18,19)10-2-3-12(14)11(6-10)13(16)17/h2-3,6,9H,4-5,7-8H2,1H3,(H,16,17). The molecule has 1 fully saturated rings. The number of hydrogen-bond acceptors (Lipinski definition) is 4. The average Bonchev–Trinajstić information content (AvgIpc) is 2.88. The van der Waals surface area contributed by atoms with Crippen LogP contribution in [0.1, 0.15) is 16.8 Å². The molecule has 0 spiro atoms. The minimum atomic E-state index is -3.65. The fraction of sp³-hybridized carbons (Fsp3) is 0.462. The van der Waals surface area contributed by atoms with E-state index < -0.39 is 16.0 Å². The van der Waals surface area contributed by atoms with Crippen LogP contribution >= 0.6 is 22.6 Å². The van der Waals surface area contributed by atoms with Gasteiger partial charge >= 0.3 is 5.97 Å². The summed E-state index contributed by atoms with van der Waals surface area (Å²) in [6, 6.07) is 4.19. The first kappa shape index (κ1) is 16.7. The van der Waals surface area contributed by atoms with E-state index in [0.29, 0.717) is 23.3 Å². The maximum absolute atomic E-state index is 12.6. The predicted octanol–water partition coefficient (Wildman–Crippen LogP) is 1.65. The van der Waals surface area contributed by atoms with Gasteiger partial charge in [-0.2, -0.15) is 4.31 Å². The normalized spacial score (nSPS) is 19.8. The Morgan fingerprint density at radius 3 is 2.86 bits per heavy atom. The molecule has 1 aromatic rings. The lowest BCUT2D eigenvalue weighted by Gasteiger charge is -2.17. The molecular formula is C13H16INO5S. The first-order valence-corrected chi connectivity index (χ1v) is 8.90. The maximum Gasteiger partial charge on any atom is 0.336 e. The summed E-state index contributed by atoms with van der Waals surface area (Å²) in [6.07, 6.45) is 0.753. The number of rotatable bonds is 5. The smallest absolute Gasteiger partial charge is 0.336 e. The van der Waals surface area contributed by atoms with Crippen LogP contribution < -0.4 is 0 Å². The van der Waals surface area contributed by atoms with E-state index in [0.717, 1.165) is 6.42 Å². The molecule has 116 valence electrons. The van der Waals surface area contributed by atoms with Crippen molar-refractivity contribution in [2.75, 3.05) is 26.8 Å². The molecule has 2 rings (SSSR count). The molecule has 1 saturated heterocycles. The van der Waals surface area contributed by atoms with E-state index in [9.17, 15) is 13.2 Å². The van der Waals surface area contributed by atoms with E-state index in [1.165, 1.54) is 22.5 Å². The number of hydrogen-bond donors (Lipinski definition) is 1. The van der Waals surface area contributed by atoms with Crippen molar-refractivity contribution in [1.82, 2.24) is 4.31 Å². The molecule has 0 aromatic heterocycles. The van der Waals surface area contributed by atoms with Crippen LogP contribution in [-0.2, 0) is 14.8 Å². The molecule has 0 radical (unpaired) electrons. The monoisotopic (exact) mass is 425 g/mol. The molecule has 1 aromatic carbocycles. The van der Waals surface area contributed by atoms with Crippen molar-refractivity contribution >= 4 is 38.6 Å². The van der Waals surface area contributed by atoms with E-state index in [-0.39, 0.29) is 16.4 Å². The van der Waals surface area contributed by atoms with Crippen molar-refractivity contribution in [2.45, 2.75) is 11.3 Å². The molecule has 1 aliphatic rings. The molecule has 0 amide bonds. The maximum atomic E-state index is 12.6. The molecule has 0 bridgehead atoms. The molecule has 8 heteroatoms. The SMILES string of the molecule is COCC1CCN(S(=O)(=O)c2ccc(I)c(C(=O)O)c2)C1. The van der Waals surface area contributed by atoms with Crippen LogP contribution in [0.25, 0.3) is 0 Å². The Morgan fingerprint density at radius 1 is 1.52 bits per heavy atom. The van der Waals surface area contributed by atoms with Crippen molar-refractivity contribution < 1.29 is 23.1 Å². The Kier molecular flexibility index (Phi) is 5.23. The van der Waals surface area contributed by atoms with Gasteiger partial charge in [0, 0.05) is 23.8 Å². The second-order valence-electron chi connectivity index (χ2n) is 4.92. The summed E-state index contributed by atoms with van der Waals surface area (Å²) in [6.45, 7) is 1.37. The zero-order valence-electron chi connectivity index (χ0n) is 11.5. The molecule has 1 N–H and O–H groups in total. The van der Waals surface area contributed by atoms with Crippen molar-refractivity contribution in [1.29, 1.82) is 0 Å². The van der Waals surface area contributed by atoms with Gasteiger partial charge in [0.2, 0.25) is 10.0 Å². The Balaban J connectivity index is 2.28. The second kappa shape index (κ2) is 6.59. The number of halogens is 1. The van der Waals surface area contributed by atoms with Crippen LogP contribution in [0, 0.1) is 9.49 Å². The van der Waals surface area contributed by atoms with Crippen molar-refractivity contribution in [2.24, 2.45) is 5.92 Å². The van der Waals surface area contributed by atoms with Gasteiger partial charge in [0.1, 0.15) is 0 Å². The molecule has 0 aliphatic carbocycles. The van der Waals surface area contributed by atoms with Crippen LogP contribution in [0.2, 0.25) is 0 Å². The number of sulfonamides is 1. The average molecular weight is 425 g/mol. The molecule has 1 atom stereocenters. The fourth-order valence-electron chi connectivity index (χ4n) is 2.36. The molecule has 6 nitrogen and oxygen atoms in total. The predicted molar refractivity (Wildman–Crippen MR) is 84.9 cm³/mol. The quantitative estimate of drug-likeness (QED) is 0.726. The zero-order valence-corrected chi connectivity index (χ0v) is 14.4. The van der Waals surface area contributed by atoms with Gasteiger partial charge in [-0.25, -0.2) is 13.2 Å². The third-order valence-electron chi connectivity index (χ3n) is 3.46. The van der Waals surface area contributed by atoms with E-state index in [2.05, 4.69) is 0 Å². The Bertz CT molecular complexity index is 646. The van der Waals surface area contributed by atoms with Crippen molar-refractivity contribution in [3.63, 3.8) is 0 Å². The summed E-state index contributed by atoms with van der Waals surface area (Å²) in [5.41, 5.74) is 0.00399. The number of nitrogens with zero attached hydrogens (tertiary/aromatic N) is 1. The summed E-state index contributed by atoms with van der Waals surface area (Å²) < 4.78 is 32.1. The largest absolute Gasteiger partial charge is 0.478 e. The zero-order chi connectivity index (χ0) is 15.6. The van der Waals surface area contributed by atoms with Crippen LogP contribution in [0.3, 0.4) is 0 Å². The minimum Gasteiger partial charge on any atom is -0.478 e. The molecule has 21 heavy (non-hydrogen) atoms. The summed E-state index contributed by atoms with van der Waals surface area (Å²) >= 11 is 1.88. The van der Waals surface area contributed by atoms with Gasteiger partial charge in [-0.1, -0.05) is 0 Å². The molecule has 1 heterocycles. The van der Waals surface area contributed by atoms with Crippen molar-refractivity contribution in [3.05, 3.63) is 27.3 Å². The number of methoxy groups -OCH3 is 1. The summed E-state index contributed by atoms with van der Waals surface area (Å²) in [4.78, 5) is 11.2. The Labute approximate surface area is 137 Å². The summed E-state index contributed by atoms with van der Waals surface area (Å²) in [5, 5.41) is 9.10. The van der Waals surface area contributed by atoms with E-state index in [1.807, 2.05) is 22.6 Å². The molecule has 0 saturated carbocycles.